The first-order chi connectivity index (χ1) is 15.4. The van der Waals surface area contributed by atoms with Crippen LogP contribution in [0.1, 0.15) is 0 Å². The van der Waals surface area contributed by atoms with Gasteiger partial charge in [-0.15, -0.1) is 0 Å². The van der Waals surface area contributed by atoms with Crippen LogP contribution in [0.25, 0.3) is 11.0 Å². The number of amides is 3. The third-order valence-electron chi connectivity index (χ3n) is 4.52. The number of imide groups is 1. The van der Waals surface area contributed by atoms with Crippen molar-refractivity contribution >= 4 is 46.1 Å². The van der Waals surface area contributed by atoms with Crippen LogP contribution < -0.4 is 21.5 Å². The van der Waals surface area contributed by atoms with Crippen molar-refractivity contribution in [2.45, 2.75) is 6.73 Å². The standard InChI is InChI=1S/C20H18N6O6/c21-15-9-14-18(19(29)24-15)22-10-25(14)11-31-7-8-32-20(30)23-12-1-3-13(4-2-12)26-16(27)5-6-17(26)28/h1-6,9-10H,7-8,11H2,(H,23,30)(H3,21,24,29). The minimum absolute atomic E-state index is 0.0122. The Morgan fingerprint density at radius 2 is 1.81 bits per heavy atom. The molecule has 3 heterocycles. The third-order valence-corrected chi connectivity index (χ3v) is 4.52. The van der Waals surface area contributed by atoms with Gasteiger partial charge in [0.05, 0.1) is 24.1 Å². The van der Waals surface area contributed by atoms with Crippen molar-refractivity contribution in [2.24, 2.45) is 0 Å². The molecular formula is C20H18N6O6. The Labute approximate surface area is 180 Å². The van der Waals surface area contributed by atoms with Gasteiger partial charge in [0.25, 0.3) is 17.4 Å². The number of nitrogens with two attached hydrogens (primary N) is 1. The van der Waals surface area contributed by atoms with Gasteiger partial charge in [0.2, 0.25) is 0 Å². The number of aromatic nitrogens is 3. The summed E-state index contributed by atoms with van der Waals surface area (Å²) in [5.74, 6) is -0.629. The number of rotatable bonds is 7. The number of pyridine rings is 1. The van der Waals surface area contributed by atoms with Gasteiger partial charge in [-0.05, 0) is 24.3 Å². The van der Waals surface area contributed by atoms with Gasteiger partial charge in [0.15, 0.2) is 5.52 Å². The number of nitrogens with one attached hydrogen (secondary N) is 2. The fourth-order valence-corrected chi connectivity index (χ4v) is 3.05. The van der Waals surface area contributed by atoms with Crippen LogP contribution in [-0.4, -0.2) is 45.7 Å². The normalized spacial score (nSPS) is 13.2. The summed E-state index contributed by atoms with van der Waals surface area (Å²) in [7, 11) is 0. The second-order valence-corrected chi connectivity index (χ2v) is 6.69. The van der Waals surface area contributed by atoms with Crippen molar-refractivity contribution in [3.8, 4) is 0 Å². The molecule has 32 heavy (non-hydrogen) atoms. The zero-order chi connectivity index (χ0) is 22.7. The molecule has 0 spiro atoms. The molecule has 1 aliphatic rings. The smallest absolute Gasteiger partial charge is 0.411 e. The highest BCUT2D eigenvalue weighted by Gasteiger charge is 2.24. The fourth-order valence-electron chi connectivity index (χ4n) is 3.05. The Morgan fingerprint density at radius 3 is 2.53 bits per heavy atom. The molecule has 0 fully saturated rings. The first-order valence-electron chi connectivity index (χ1n) is 9.44. The maximum absolute atomic E-state index is 11.9. The lowest BCUT2D eigenvalue weighted by Gasteiger charge is -2.14. The van der Waals surface area contributed by atoms with E-state index >= 15 is 0 Å². The van der Waals surface area contributed by atoms with Gasteiger partial charge in [-0.1, -0.05) is 0 Å². The molecular weight excluding hydrogens is 420 g/mol. The molecule has 4 N–H and O–H groups in total. The summed E-state index contributed by atoms with van der Waals surface area (Å²) in [6.07, 6.45) is 3.15. The van der Waals surface area contributed by atoms with Gasteiger partial charge in [0.1, 0.15) is 19.2 Å². The number of carbonyl (C=O) groups is 3. The van der Waals surface area contributed by atoms with Crippen LogP contribution in [0.3, 0.4) is 0 Å². The van der Waals surface area contributed by atoms with Crippen LogP contribution in [0.15, 0.2) is 53.6 Å². The topological polar surface area (TPSA) is 162 Å². The number of H-pyrrole nitrogens is 1. The third kappa shape index (κ3) is 4.34. The number of benzene rings is 1. The predicted octanol–water partition coefficient (Wildman–Crippen LogP) is 0.959. The first-order valence-corrected chi connectivity index (χ1v) is 9.44. The second-order valence-electron chi connectivity index (χ2n) is 6.69. The summed E-state index contributed by atoms with van der Waals surface area (Å²) < 4.78 is 12.1. The number of fused-ring (bicyclic) bond motifs is 1. The number of imidazole rings is 1. The lowest BCUT2D eigenvalue weighted by molar-refractivity contribution is -0.119. The molecule has 0 saturated heterocycles. The van der Waals surface area contributed by atoms with Crippen LogP contribution in [-0.2, 0) is 25.8 Å². The Hall–Kier alpha value is -4.45. The van der Waals surface area contributed by atoms with Crippen molar-refractivity contribution in [3.63, 3.8) is 0 Å². The van der Waals surface area contributed by atoms with E-state index in [-0.39, 0.29) is 36.8 Å². The zero-order valence-electron chi connectivity index (χ0n) is 16.6. The SMILES string of the molecule is Nc1cc2c(ncn2COCCOC(=O)Nc2ccc(N3C(=O)C=CC3=O)cc2)c(=O)[nH]1. The van der Waals surface area contributed by atoms with Crippen molar-refractivity contribution in [3.05, 3.63) is 59.2 Å². The average molecular weight is 438 g/mol. The van der Waals surface area contributed by atoms with Crippen molar-refractivity contribution in [2.75, 3.05) is 29.2 Å². The maximum Gasteiger partial charge on any atom is 0.411 e. The monoisotopic (exact) mass is 438 g/mol. The van der Waals surface area contributed by atoms with E-state index in [0.29, 0.717) is 16.9 Å². The summed E-state index contributed by atoms with van der Waals surface area (Å²) in [5, 5.41) is 2.54. The quantitative estimate of drug-likeness (QED) is 0.363. The maximum atomic E-state index is 11.9. The van der Waals surface area contributed by atoms with Crippen LogP contribution in [0.5, 0.6) is 0 Å². The van der Waals surface area contributed by atoms with E-state index < -0.39 is 17.9 Å². The number of nitrogens with zero attached hydrogens (tertiary/aromatic N) is 3. The van der Waals surface area contributed by atoms with Crippen molar-refractivity contribution in [1.29, 1.82) is 0 Å². The molecule has 12 heteroatoms. The Balaban J connectivity index is 1.22. The molecule has 1 aromatic carbocycles. The molecule has 0 aliphatic carbocycles. The lowest BCUT2D eigenvalue weighted by atomic mass is 10.2. The van der Waals surface area contributed by atoms with E-state index in [1.165, 1.54) is 30.6 Å². The number of ether oxygens (including phenoxy) is 2. The van der Waals surface area contributed by atoms with Gasteiger partial charge in [0, 0.05) is 23.9 Å². The summed E-state index contributed by atoms with van der Waals surface area (Å²) in [5.41, 5.74) is 6.86. The van der Waals surface area contributed by atoms with E-state index in [0.717, 1.165) is 4.90 Å². The molecule has 0 saturated carbocycles. The zero-order valence-corrected chi connectivity index (χ0v) is 16.6. The minimum Gasteiger partial charge on any atom is -0.447 e. The van der Waals surface area contributed by atoms with Gasteiger partial charge in [-0.3, -0.25) is 19.7 Å². The summed E-state index contributed by atoms with van der Waals surface area (Å²) in [6.45, 7) is 0.188. The number of carbonyl (C=O) groups excluding carboxylic acids is 3. The van der Waals surface area contributed by atoms with Gasteiger partial charge < -0.3 is 24.8 Å². The molecule has 2 aromatic heterocycles. The number of hydrogen-bond acceptors (Lipinski definition) is 8. The molecule has 0 unspecified atom stereocenters. The number of anilines is 3. The Kier molecular flexibility index (Phi) is 5.68. The predicted molar refractivity (Wildman–Crippen MR) is 114 cm³/mol. The molecule has 1 aliphatic heterocycles. The minimum atomic E-state index is -0.691. The van der Waals surface area contributed by atoms with Crippen LogP contribution in [0.4, 0.5) is 22.0 Å². The second kappa shape index (κ2) is 8.73. The van der Waals surface area contributed by atoms with Gasteiger partial charge >= 0.3 is 6.09 Å². The Morgan fingerprint density at radius 1 is 1.09 bits per heavy atom. The summed E-state index contributed by atoms with van der Waals surface area (Å²) in [6, 6.07) is 7.74. The van der Waals surface area contributed by atoms with Crippen LogP contribution in [0.2, 0.25) is 0 Å². The van der Waals surface area contributed by atoms with E-state index in [2.05, 4.69) is 15.3 Å². The Bertz CT molecular complexity index is 1260. The van der Waals surface area contributed by atoms with E-state index in [1.54, 1.807) is 22.8 Å². The largest absolute Gasteiger partial charge is 0.447 e. The lowest BCUT2D eigenvalue weighted by Crippen LogP contribution is -2.29. The molecule has 164 valence electrons. The highest BCUT2D eigenvalue weighted by molar-refractivity contribution is 6.28. The molecule has 3 aromatic rings. The fraction of sp³-hybridized carbons (Fsp3) is 0.150. The van der Waals surface area contributed by atoms with E-state index in [9.17, 15) is 19.2 Å². The molecule has 0 atom stereocenters. The van der Waals surface area contributed by atoms with Gasteiger partial charge in [-0.2, -0.15) is 0 Å². The van der Waals surface area contributed by atoms with Crippen molar-refractivity contribution in [1.82, 2.24) is 14.5 Å². The number of nitrogen functional groups attached to an aromatic ring is 1. The molecule has 0 bridgehead atoms. The number of aromatic amines is 1. The van der Waals surface area contributed by atoms with Crippen LogP contribution in [0, 0.1) is 0 Å². The number of hydrogen-bond donors (Lipinski definition) is 3. The summed E-state index contributed by atoms with van der Waals surface area (Å²) >= 11 is 0. The highest BCUT2D eigenvalue weighted by atomic mass is 16.6. The highest BCUT2D eigenvalue weighted by Crippen LogP contribution is 2.21. The first kappa shape index (κ1) is 20.8. The molecule has 4 rings (SSSR count). The van der Waals surface area contributed by atoms with E-state index in [4.69, 9.17) is 15.2 Å². The average Bonchev–Trinajstić information content (AvgIpc) is 3.31. The molecule has 3 amide bonds. The van der Waals surface area contributed by atoms with Crippen LogP contribution >= 0.6 is 0 Å². The van der Waals surface area contributed by atoms with Crippen molar-refractivity contribution < 1.29 is 23.9 Å². The molecule has 0 radical (unpaired) electrons. The molecule has 12 nitrogen and oxygen atoms in total. The summed E-state index contributed by atoms with van der Waals surface area (Å²) in [4.78, 5) is 54.6. The van der Waals surface area contributed by atoms with Gasteiger partial charge in [-0.25, -0.2) is 14.7 Å². The van der Waals surface area contributed by atoms with E-state index in [1.807, 2.05) is 0 Å².